The predicted octanol–water partition coefficient (Wildman–Crippen LogP) is 2.31. The van der Waals surface area contributed by atoms with Crippen molar-refractivity contribution in [3.63, 3.8) is 0 Å². The Balaban J connectivity index is 2.09. The van der Waals surface area contributed by atoms with Crippen molar-refractivity contribution in [1.82, 2.24) is 0 Å². The number of carbonyl (C=O) groups is 1. The number of amides is 1. The van der Waals surface area contributed by atoms with Crippen LogP contribution in [0, 0.1) is 16.0 Å². The quantitative estimate of drug-likeness (QED) is 0.657. The van der Waals surface area contributed by atoms with Crippen LogP contribution in [0.15, 0.2) is 18.2 Å². The van der Waals surface area contributed by atoms with Crippen LogP contribution in [0.25, 0.3) is 0 Å². The maximum atomic E-state index is 12.0. The lowest BCUT2D eigenvalue weighted by Gasteiger charge is -2.10. The molecule has 1 aliphatic rings. The number of nitro groups is 1. The number of anilines is 1. The SMILES string of the molecule is NC1CCC(C(=O)Nc2ccc(Cl)c([N+](=O)[O-])c2)C1. The van der Waals surface area contributed by atoms with E-state index in [-0.39, 0.29) is 28.6 Å². The molecule has 0 spiro atoms. The van der Waals surface area contributed by atoms with E-state index in [0.29, 0.717) is 12.1 Å². The first-order valence-corrected chi connectivity index (χ1v) is 6.35. The van der Waals surface area contributed by atoms with Crippen molar-refractivity contribution in [2.75, 3.05) is 5.32 Å². The van der Waals surface area contributed by atoms with Crippen LogP contribution >= 0.6 is 11.6 Å². The Hall–Kier alpha value is -1.66. The highest BCUT2D eigenvalue weighted by Gasteiger charge is 2.28. The molecule has 1 aromatic carbocycles. The van der Waals surface area contributed by atoms with E-state index in [1.807, 2.05) is 0 Å². The summed E-state index contributed by atoms with van der Waals surface area (Å²) >= 11 is 5.70. The summed E-state index contributed by atoms with van der Waals surface area (Å²) in [7, 11) is 0. The summed E-state index contributed by atoms with van der Waals surface area (Å²) in [6.45, 7) is 0. The summed E-state index contributed by atoms with van der Waals surface area (Å²) < 4.78 is 0. The van der Waals surface area contributed by atoms with Crippen LogP contribution < -0.4 is 11.1 Å². The van der Waals surface area contributed by atoms with Crippen LogP contribution in [0.1, 0.15) is 19.3 Å². The van der Waals surface area contributed by atoms with E-state index in [0.717, 1.165) is 12.8 Å². The molecule has 6 nitrogen and oxygen atoms in total. The molecule has 2 rings (SSSR count). The van der Waals surface area contributed by atoms with E-state index in [1.54, 1.807) is 6.07 Å². The minimum atomic E-state index is -0.580. The van der Waals surface area contributed by atoms with Gasteiger partial charge in [0, 0.05) is 23.7 Å². The zero-order valence-corrected chi connectivity index (χ0v) is 10.9. The van der Waals surface area contributed by atoms with Crippen molar-refractivity contribution in [2.45, 2.75) is 25.3 Å². The van der Waals surface area contributed by atoms with Crippen molar-refractivity contribution in [2.24, 2.45) is 11.7 Å². The van der Waals surface area contributed by atoms with Gasteiger partial charge in [-0.05, 0) is 31.4 Å². The molecule has 0 aliphatic heterocycles. The van der Waals surface area contributed by atoms with Crippen molar-refractivity contribution in [3.05, 3.63) is 33.3 Å². The number of nitrogens with zero attached hydrogens (tertiary/aromatic N) is 1. The molecule has 0 saturated heterocycles. The van der Waals surface area contributed by atoms with Crippen LogP contribution in [0.2, 0.25) is 5.02 Å². The van der Waals surface area contributed by atoms with Crippen molar-refractivity contribution >= 4 is 28.9 Å². The number of nitrogens with one attached hydrogen (secondary N) is 1. The predicted molar refractivity (Wildman–Crippen MR) is 72.1 cm³/mol. The van der Waals surface area contributed by atoms with E-state index in [4.69, 9.17) is 17.3 Å². The molecule has 2 unspecified atom stereocenters. The minimum absolute atomic E-state index is 0.0471. The average Bonchev–Trinajstić information content (AvgIpc) is 2.78. The van der Waals surface area contributed by atoms with Crippen LogP contribution in [0.5, 0.6) is 0 Å². The van der Waals surface area contributed by atoms with Gasteiger partial charge in [0.25, 0.3) is 5.69 Å². The molecule has 0 radical (unpaired) electrons. The lowest BCUT2D eigenvalue weighted by Crippen LogP contribution is -2.23. The van der Waals surface area contributed by atoms with Gasteiger partial charge in [-0.15, -0.1) is 0 Å². The van der Waals surface area contributed by atoms with Gasteiger partial charge in [-0.25, -0.2) is 0 Å². The van der Waals surface area contributed by atoms with Gasteiger partial charge in [0.15, 0.2) is 0 Å². The molecule has 0 aromatic heterocycles. The molecular formula is C12H14ClN3O3. The summed E-state index contributed by atoms with van der Waals surface area (Å²) in [4.78, 5) is 22.1. The molecule has 1 fully saturated rings. The number of nitro benzene ring substituents is 1. The normalized spacial score (nSPS) is 22.2. The molecule has 3 N–H and O–H groups in total. The maximum absolute atomic E-state index is 12.0. The fraction of sp³-hybridized carbons (Fsp3) is 0.417. The summed E-state index contributed by atoms with van der Waals surface area (Å²) in [6.07, 6.45) is 2.24. The number of hydrogen-bond donors (Lipinski definition) is 2. The van der Waals surface area contributed by atoms with E-state index in [9.17, 15) is 14.9 Å². The lowest BCUT2D eigenvalue weighted by atomic mass is 10.1. The van der Waals surface area contributed by atoms with Crippen LogP contribution in [-0.2, 0) is 4.79 Å². The van der Waals surface area contributed by atoms with Gasteiger partial charge >= 0.3 is 0 Å². The zero-order valence-electron chi connectivity index (χ0n) is 10.1. The Labute approximate surface area is 115 Å². The van der Waals surface area contributed by atoms with Gasteiger partial charge in [-0.3, -0.25) is 14.9 Å². The van der Waals surface area contributed by atoms with Crippen LogP contribution in [0.4, 0.5) is 11.4 Å². The van der Waals surface area contributed by atoms with Gasteiger partial charge in [0.2, 0.25) is 5.91 Å². The highest BCUT2D eigenvalue weighted by atomic mass is 35.5. The van der Waals surface area contributed by atoms with Crippen molar-refractivity contribution in [1.29, 1.82) is 0 Å². The molecule has 2 atom stereocenters. The molecule has 7 heteroatoms. The largest absolute Gasteiger partial charge is 0.328 e. The molecule has 1 aliphatic carbocycles. The Morgan fingerprint density at radius 1 is 1.47 bits per heavy atom. The van der Waals surface area contributed by atoms with Crippen LogP contribution in [0.3, 0.4) is 0 Å². The first-order chi connectivity index (χ1) is 8.97. The second-order valence-electron chi connectivity index (χ2n) is 4.68. The lowest BCUT2D eigenvalue weighted by molar-refractivity contribution is -0.384. The molecule has 0 heterocycles. The monoisotopic (exact) mass is 283 g/mol. The number of benzene rings is 1. The first kappa shape index (κ1) is 13.8. The van der Waals surface area contributed by atoms with E-state index < -0.39 is 4.92 Å². The standard InChI is InChI=1S/C12H14ClN3O3/c13-10-4-3-9(6-11(10)16(18)19)15-12(17)7-1-2-8(14)5-7/h3-4,6-8H,1-2,5,14H2,(H,15,17). The summed E-state index contributed by atoms with van der Waals surface area (Å²) in [5.41, 5.74) is 5.91. The zero-order chi connectivity index (χ0) is 14.0. The highest BCUT2D eigenvalue weighted by molar-refractivity contribution is 6.32. The van der Waals surface area contributed by atoms with Gasteiger partial charge in [0.05, 0.1) is 4.92 Å². The fourth-order valence-corrected chi connectivity index (χ4v) is 2.42. The van der Waals surface area contributed by atoms with E-state index in [1.165, 1.54) is 12.1 Å². The number of carbonyl (C=O) groups excluding carboxylic acids is 1. The Kier molecular flexibility index (Phi) is 4.01. The number of rotatable bonds is 3. The van der Waals surface area contributed by atoms with Crippen molar-refractivity contribution < 1.29 is 9.72 Å². The highest BCUT2D eigenvalue weighted by Crippen LogP contribution is 2.29. The molecule has 1 amide bonds. The summed E-state index contributed by atoms with van der Waals surface area (Å²) in [5.74, 6) is -0.269. The second kappa shape index (κ2) is 5.54. The van der Waals surface area contributed by atoms with E-state index in [2.05, 4.69) is 5.32 Å². The minimum Gasteiger partial charge on any atom is -0.328 e. The number of nitrogens with two attached hydrogens (primary N) is 1. The Morgan fingerprint density at radius 3 is 2.79 bits per heavy atom. The fourth-order valence-electron chi connectivity index (χ4n) is 2.23. The van der Waals surface area contributed by atoms with Gasteiger partial charge in [-0.1, -0.05) is 11.6 Å². The second-order valence-corrected chi connectivity index (χ2v) is 5.09. The first-order valence-electron chi connectivity index (χ1n) is 5.97. The van der Waals surface area contributed by atoms with Gasteiger partial charge in [0.1, 0.15) is 5.02 Å². The third kappa shape index (κ3) is 3.21. The molecule has 1 saturated carbocycles. The molecule has 19 heavy (non-hydrogen) atoms. The molecular weight excluding hydrogens is 270 g/mol. The average molecular weight is 284 g/mol. The maximum Gasteiger partial charge on any atom is 0.289 e. The third-order valence-electron chi connectivity index (χ3n) is 3.25. The molecule has 0 bridgehead atoms. The number of halogens is 1. The Morgan fingerprint density at radius 2 is 2.21 bits per heavy atom. The third-order valence-corrected chi connectivity index (χ3v) is 3.57. The van der Waals surface area contributed by atoms with E-state index >= 15 is 0 Å². The smallest absolute Gasteiger partial charge is 0.289 e. The van der Waals surface area contributed by atoms with Gasteiger partial charge in [-0.2, -0.15) is 0 Å². The summed E-state index contributed by atoms with van der Waals surface area (Å²) in [5, 5.41) is 13.5. The molecule has 1 aromatic rings. The van der Waals surface area contributed by atoms with Crippen LogP contribution in [-0.4, -0.2) is 16.9 Å². The summed E-state index contributed by atoms with van der Waals surface area (Å²) in [6, 6.07) is 4.27. The Bertz CT molecular complexity index is 521. The number of hydrogen-bond acceptors (Lipinski definition) is 4. The van der Waals surface area contributed by atoms with Crippen molar-refractivity contribution in [3.8, 4) is 0 Å². The van der Waals surface area contributed by atoms with Gasteiger partial charge < -0.3 is 11.1 Å². The topological polar surface area (TPSA) is 98.3 Å². The molecule has 102 valence electrons.